The second-order valence-electron chi connectivity index (χ2n) is 5.95. The standard InChI is InChI=1S/C21H28O2/c1-5-7-16-14-20(22-3)11-9-18(16)13-19-10-12-21(23-4)15-17(19)8-6-2/h9-12,14-15H,5-8,13H2,1-4H3. The van der Waals surface area contributed by atoms with E-state index >= 15 is 0 Å². The highest BCUT2D eigenvalue weighted by Crippen LogP contribution is 2.26. The molecular weight excluding hydrogens is 284 g/mol. The Labute approximate surface area is 140 Å². The van der Waals surface area contributed by atoms with Gasteiger partial charge >= 0.3 is 0 Å². The maximum absolute atomic E-state index is 5.38. The Morgan fingerprint density at radius 1 is 0.652 bits per heavy atom. The van der Waals surface area contributed by atoms with E-state index in [4.69, 9.17) is 9.47 Å². The second-order valence-corrected chi connectivity index (χ2v) is 5.95. The van der Waals surface area contributed by atoms with Gasteiger partial charge in [-0.1, -0.05) is 38.8 Å². The fraction of sp³-hybridized carbons (Fsp3) is 0.429. The molecule has 0 unspecified atom stereocenters. The van der Waals surface area contributed by atoms with Gasteiger partial charge < -0.3 is 9.47 Å². The lowest BCUT2D eigenvalue weighted by atomic mass is 9.93. The van der Waals surface area contributed by atoms with Gasteiger partial charge in [0, 0.05) is 0 Å². The third kappa shape index (κ3) is 4.51. The van der Waals surface area contributed by atoms with Gasteiger partial charge in [0.05, 0.1) is 14.2 Å². The molecule has 2 rings (SSSR count). The molecule has 0 heterocycles. The van der Waals surface area contributed by atoms with Gasteiger partial charge in [-0.25, -0.2) is 0 Å². The summed E-state index contributed by atoms with van der Waals surface area (Å²) in [6.45, 7) is 4.44. The Balaban J connectivity index is 2.34. The van der Waals surface area contributed by atoms with E-state index in [2.05, 4.69) is 50.2 Å². The number of aryl methyl sites for hydroxylation is 2. The van der Waals surface area contributed by atoms with E-state index in [0.717, 1.165) is 43.6 Å². The van der Waals surface area contributed by atoms with Crippen LogP contribution in [-0.2, 0) is 19.3 Å². The molecule has 0 saturated carbocycles. The van der Waals surface area contributed by atoms with E-state index in [1.54, 1.807) is 14.2 Å². The molecule has 0 fully saturated rings. The van der Waals surface area contributed by atoms with E-state index in [-0.39, 0.29) is 0 Å². The summed E-state index contributed by atoms with van der Waals surface area (Å²) < 4.78 is 10.8. The van der Waals surface area contributed by atoms with Gasteiger partial charge in [0.25, 0.3) is 0 Å². The van der Waals surface area contributed by atoms with Crippen LogP contribution in [-0.4, -0.2) is 14.2 Å². The molecule has 0 atom stereocenters. The minimum absolute atomic E-state index is 0.945. The molecule has 0 bridgehead atoms. The number of hydrogen-bond donors (Lipinski definition) is 0. The molecule has 0 saturated heterocycles. The van der Waals surface area contributed by atoms with Crippen LogP contribution in [0.2, 0.25) is 0 Å². The summed E-state index contributed by atoms with van der Waals surface area (Å²) >= 11 is 0. The Morgan fingerprint density at radius 3 is 1.43 bits per heavy atom. The largest absolute Gasteiger partial charge is 0.497 e. The van der Waals surface area contributed by atoms with Gasteiger partial charge in [-0.05, 0) is 65.8 Å². The lowest BCUT2D eigenvalue weighted by Crippen LogP contribution is -2.01. The molecule has 0 aliphatic heterocycles. The minimum atomic E-state index is 0.945. The molecule has 2 aromatic carbocycles. The maximum atomic E-state index is 5.38. The lowest BCUT2D eigenvalue weighted by Gasteiger charge is -2.15. The van der Waals surface area contributed by atoms with Crippen LogP contribution < -0.4 is 9.47 Å². The van der Waals surface area contributed by atoms with Crippen molar-refractivity contribution in [2.75, 3.05) is 14.2 Å². The molecule has 23 heavy (non-hydrogen) atoms. The molecular formula is C21H28O2. The predicted octanol–water partition coefficient (Wildman–Crippen LogP) is 5.20. The Morgan fingerprint density at radius 2 is 1.09 bits per heavy atom. The zero-order chi connectivity index (χ0) is 16.7. The zero-order valence-electron chi connectivity index (χ0n) is 14.8. The summed E-state index contributed by atoms with van der Waals surface area (Å²) in [5, 5.41) is 0. The van der Waals surface area contributed by atoms with E-state index < -0.39 is 0 Å². The highest BCUT2D eigenvalue weighted by molar-refractivity contribution is 5.43. The quantitative estimate of drug-likeness (QED) is 0.667. The van der Waals surface area contributed by atoms with Crippen LogP contribution in [0.15, 0.2) is 36.4 Å². The van der Waals surface area contributed by atoms with Crippen LogP contribution in [0.25, 0.3) is 0 Å². The maximum Gasteiger partial charge on any atom is 0.119 e. The van der Waals surface area contributed by atoms with Gasteiger partial charge in [-0.2, -0.15) is 0 Å². The average molecular weight is 312 g/mol. The Hall–Kier alpha value is -1.96. The summed E-state index contributed by atoms with van der Waals surface area (Å²) in [4.78, 5) is 0. The topological polar surface area (TPSA) is 18.5 Å². The molecule has 0 N–H and O–H groups in total. The van der Waals surface area contributed by atoms with Crippen molar-refractivity contribution < 1.29 is 9.47 Å². The van der Waals surface area contributed by atoms with Crippen LogP contribution in [0, 0.1) is 0 Å². The van der Waals surface area contributed by atoms with Gasteiger partial charge in [0.15, 0.2) is 0 Å². The first-order valence-electron chi connectivity index (χ1n) is 8.53. The van der Waals surface area contributed by atoms with Crippen LogP contribution >= 0.6 is 0 Å². The van der Waals surface area contributed by atoms with Crippen molar-refractivity contribution in [2.24, 2.45) is 0 Å². The SMILES string of the molecule is CCCc1cc(OC)ccc1Cc1ccc(OC)cc1CCC. The number of benzene rings is 2. The first kappa shape index (κ1) is 17.4. The Kier molecular flexibility index (Phi) is 6.52. The summed E-state index contributed by atoms with van der Waals surface area (Å²) in [6, 6.07) is 12.9. The van der Waals surface area contributed by atoms with Crippen molar-refractivity contribution in [3.8, 4) is 11.5 Å². The smallest absolute Gasteiger partial charge is 0.119 e. The minimum Gasteiger partial charge on any atom is -0.497 e. The normalized spacial score (nSPS) is 10.6. The van der Waals surface area contributed by atoms with Crippen molar-refractivity contribution in [3.05, 3.63) is 58.7 Å². The number of methoxy groups -OCH3 is 2. The second kappa shape index (κ2) is 8.61. The molecule has 2 nitrogen and oxygen atoms in total. The summed E-state index contributed by atoms with van der Waals surface area (Å²) in [6.07, 6.45) is 5.44. The fourth-order valence-electron chi connectivity index (χ4n) is 3.01. The molecule has 0 aliphatic carbocycles. The van der Waals surface area contributed by atoms with Crippen molar-refractivity contribution >= 4 is 0 Å². The van der Waals surface area contributed by atoms with Gasteiger partial charge in [-0.3, -0.25) is 0 Å². The van der Waals surface area contributed by atoms with Crippen LogP contribution in [0.3, 0.4) is 0 Å². The van der Waals surface area contributed by atoms with E-state index in [1.807, 2.05) is 0 Å². The Bertz CT molecular complexity index is 576. The van der Waals surface area contributed by atoms with Gasteiger partial charge in [0.1, 0.15) is 11.5 Å². The van der Waals surface area contributed by atoms with Crippen LogP contribution in [0.5, 0.6) is 11.5 Å². The molecule has 0 amide bonds. The third-order valence-electron chi connectivity index (χ3n) is 4.25. The zero-order valence-corrected chi connectivity index (χ0v) is 14.8. The van der Waals surface area contributed by atoms with Crippen molar-refractivity contribution in [1.29, 1.82) is 0 Å². The molecule has 2 heteroatoms. The lowest BCUT2D eigenvalue weighted by molar-refractivity contribution is 0.414. The van der Waals surface area contributed by atoms with Crippen molar-refractivity contribution in [2.45, 2.75) is 46.0 Å². The summed E-state index contributed by atoms with van der Waals surface area (Å²) in [5.41, 5.74) is 5.58. The molecule has 0 aliphatic rings. The van der Waals surface area contributed by atoms with Crippen LogP contribution in [0.1, 0.15) is 48.9 Å². The molecule has 124 valence electrons. The number of hydrogen-bond acceptors (Lipinski definition) is 2. The molecule has 0 radical (unpaired) electrons. The average Bonchev–Trinajstić information content (AvgIpc) is 2.58. The molecule has 2 aromatic rings. The van der Waals surface area contributed by atoms with E-state index in [1.165, 1.54) is 22.3 Å². The number of ether oxygens (including phenoxy) is 2. The van der Waals surface area contributed by atoms with Crippen molar-refractivity contribution in [3.63, 3.8) is 0 Å². The molecule has 0 spiro atoms. The predicted molar refractivity (Wildman–Crippen MR) is 96.8 cm³/mol. The first-order valence-corrected chi connectivity index (χ1v) is 8.53. The van der Waals surface area contributed by atoms with Crippen LogP contribution in [0.4, 0.5) is 0 Å². The summed E-state index contributed by atoms with van der Waals surface area (Å²) in [7, 11) is 3.46. The van der Waals surface area contributed by atoms with E-state index in [9.17, 15) is 0 Å². The summed E-state index contributed by atoms with van der Waals surface area (Å²) in [5.74, 6) is 1.89. The first-order chi connectivity index (χ1) is 11.2. The monoisotopic (exact) mass is 312 g/mol. The highest BCUT2D eigenvalue weighted by atomic mass is 16.5. The highest BCUT2D eigenvalue weighted by Gasteiger charge is 2.09. The van der Waals surface area contributed by atoms with Gasteiger partial charge in [-0.15, -0.1) is 0 Å². The molecule has 0 aromatic heterocycles. The van der Waals surface area contributed by atoms with E-state index in [0.29, 0.717) is 0 Å². The van der Waals surface area contributed by atoms with Crippen molar-refractivity contribution in [1.82, 2.24) is 0 Å². The number of rotatable bonds is 8. The third-order valence-corrected chi connectivity index (χ3v) is 4.25. The fourth-order valence-corrected chi connectivity index (χ4v) is 3.01. The van der Waals surface area contributed by atoms with Gasteiger partial charge in [0.2, 0.25) is 0 Å².